The molecule has 0 aromatic heterocycles. The van der Waals surface area contributed by atoms with Crippen molar-refractivity contribution < 1.29 is 22.3 Å². The van der Waals surface area contributed by atoms with Crippen molar-refractivity contribution in [1.29, 1.82) is 0 Å². The van der Waals surface area contributed by atoms with Gasteiger partial charge in [-0.25, -0.2) is 17.2 Å². The Hall–Kier alpha value is -0.700. The van der Waals surface area contributed by atoms with Gasteiger partial charge in [0.15, 0.2) is 5.82 Å². The molecule has 0 bridgehead atoms. The van der Waals surface area contributed by atoms with Crippen molar-refractivity contribution in [2.75, 3.05) is 19.1 Å². The first-order valence-electron chi connectivity index (χ1n) is 6.35. The molecule has 1 aromatic carbocycles. The van der Waals surface area contributed by atoms with Crippen molar-refractivity contribution in [2.24, 2.45) is 0 Å². The molecule has 0 aliphatic carbocycles. The summed E-state index contributed by atoms with van der Waals surface area (Å²) in [7, 11) is -2.71. The summed E-state index contributed by atoms with van der Waals surface area (Å²) in [5.74, 6) is -1.63. The lowest BCUT2D eigenvalue weighted by Gasteiger charge is -2.26. The molecule has 0 spiro atoms. The molecule has 0 radical (unpaired) electrons. The van der Waals surface area contributed by atoms with E-state index in [1.165, 1.54) is 18.8 Å². The molecule has 1 unspecified atom stereocenters. The second kappa shape index (κ2) is 7.53. The van der Waals surface area contributed by atoms with Crippen molar-refractivity contribution in [3.63, 3.8) is 0 Å². The van der Waals surface area contributed by atoms with E-state index < -0.39 is 38.7 Å². The molecule has 0 aliphatic rings. The summed E-state index contributed by atoms with van der Waals surface area (Å²) in [5, 5.41) is 8.98. The monoisotopic (exact) mass is 339 g/mol. The Kier molecular flexibility index (Phi) is 6.58. The third-order valence-corrected chi connectivity index (χ3v) is 5.96. The van der Waals surface area contributed by atoms with Crippen molar-refractivity contribution in [3.8, 4) is 0 Å². The molecular weight excluding hydrogens is 320 g/mol. The molecule has 1 atom stereocenters. The van der Waals surface area contributed by atoms with Crippen LogP contribution in [0, 0.1) is 11.6 Å². The van der Waals surface area contributed by atoms with Crippen LogP contribution in [0.4, 0.5) is 8.78 Å². The minimum atomic E-state index is -4.09. The van der Waals surface area contributed by atoms with Crippen molar-refractivity contribution in [2.45, 2.75) is 30.9 Å². The SMILES string of the molecule is CCC(CSC)N(C)S(=O)(=O)c1ccc(F)c(CO)c1F. The van der Waals surface area contributed by atoms with Gasteiger partial charge in [0, 0.05) is 18.8 Å². The third-order valence-electron chi connectivity index (χ3n) is 3.31. The number of hydrogen-bond acceptors (Lipinski definition) is 4. The van der Waals surface area contributed by atoms with Crippen LogP contribution in [0.2, 0.25) is 0 Å². The molecule has 8 heteroatoms. The van der Waals surface area contributed by atoms with Crippen LogP contribution in [0.5, 0.6) is 0 Å². The van der Waals surface area contributed by atoms with Gasteiger partial charge in [0.2, 0.25) is 10.0 Å². The number of benzene rings is 1. The number of sulfonamides is 1. The van der Waals surface area contributed by atoms with Crippen LogP contribution < -0.4 is 0 Å². The summed E-state index contributed by atoms with van der Waals surface area (Å²) >= 11 is 1.49. The quantitative estimate of drug-likeness (QED) is 0.828. The van der Waals surface area contributed by atoms with Crippen LogP contribution in [-0.2, 0) is 16.6 Å². The maximum absolute atomic E-state index is 14.1. The fraction of sp³-hybridized carbons (Fsp3) is 0.538. The lowest BCUT2D eigenvalue weighted by atomic mass is 10.2. The van der Waals surface area contributed by atoms with E-state index in [9.17, 15) is 17.2 Å². The van der Waals surface area contributed by atoms with Gasteiger partial charge < -0.3 is 5.11 Å². The molecular formula is C13H19F2NO3S2. The maximum atomic E-state index is 14.1. The average molecular weight is 339 g/mol. The molecule has 1 N–H and O–H groups in total. The molecule has 120 valence electrons. The molecule has 1 aromatic rings. The Labute approximate surface area is 128 Å². The molecule has 21 heavy (non-hydrogen) atoms. The zero-order valence-corrected chi connectivity index (χ0v) is 13.8. The van der Waals surface area contributed by atoms with E-state index in [4.69, 9.17) is 5.11 Å². The van der Waals surface area contributed by atoms with Crippen LogP contribution in [0.1, 0.15) is 18.9 Å². The van der Waals surface area contributed by atoms with E-state index in [-0.39, 0.29) is 6.04 Å². The molecule has 0 aliphatic heterocycles. The Morgan fingerprint density at radius 2 is 2.00 bits per heavy atom. The summed E-state index contributed by atoms with van der Waals surface area (Å²) < 4.78 is 53.5. The van der Waals surface area contributed by atoms with Gasteiger partial charge in [-0.2, -0.15) is 16.1 Å². The highest BCUT2D eigenvalue weighted by Gasteiger charge is 2.31. The average Bonchev–Trinajstić information content (AvgIpc) is 2.44. The Balaban J connectivity index is 3.31. The van der Waals surface area contributed by atoms with Crippen LogP contribution >= 0.6 is 11.8 Å². The van der Waals surface area contributed by atoms with Crippen LogP contribution in [0.15, 0.2) is 17.0 Å². The number of rotatable bonds is 7. The topological polar surface area (TPSA) is 57.6 Å². The smallest absolute Gasteiger partial charge is 0.246 e. The van der Waals surface area contributed by atoms with E-state index in [2.05, 4.69) is 0 Å². The Morgan fingerprint density at radius 3 is 2.48 bits per heavy atom. The summed E-state index contributed by atoms with van der Waals surface area (Å²) in [6.45, 7) is 0.944. The number of halogens is 2. The van der Waals surface area contributed by atoms with Gasteiger partial charge in [0.1, 0.15) is 10.7 Å². The molecule has 0 heterocycles. The largest absolute Gasteiger partial charge is 0.391 e. The van der Waals surface area contributed by atoms with Gasteiger partial charge in [-0.15, -0.1) is 0 Å². The lowest BCUT2D eigenvalue weighted by molar-refractivity contribution is 0.267. The van der Waals surface area contributed by atoms with Gasteiger partial charge in [-0.1, -0.05) is 6.92 Å². The number of aliphatic hydroxyl groups is 1. The zero-order chi connectivity index (χ0) is 16.2. The minimum absolute atomic E-state index is 0.285. The van der Waals surface area contributed by atoms with Crippen LogP contribution in [0.3, 0.4) is 0 Å². The second-order valence-corrected chi connectivity index (χ2v) is 7.41. The minimum Gasteiger partial charge on any atom is -0.391 e. The first-order chi connectivity index (χ1) is 9.81. The number of thioether (sulfide) groups is 1. The van der Waals surface area contributed by atoms with E-state index >= 15 is 0 Å². The molecule has 0 amide bonds. The van der Waals surface area contributed by atoms with E-state index in [1.54, 1.807) is 0 Å². The number of aliphatic hydroxyl groups excluding tert-OH is 1. The highest BCUT2D eigenvalue weighted by atomic mass is 32.2. The summed E-state index contributed by atoms with van der Waals surface area (Å²) in [4.78, 5) is -0.616. The summed E-state index contributed by atoms with van der Waals surface area (Å²) in [6, 6.07) is 1.46. The van der Waals surface area contributed by atoms with Crippen molar-refractivity contribution in [3.05, 3.63) is 29.3 Å². The van der Waals surface area contributed by atoms with Crippen molar-refractivity contribution >= 4 is 21.8 Å². The van der Waals surface area contributed by atoms with Gasteiger partial charge in [0.25, 0.3) is 0 Å². The third kappa shape index (κ3) is 3.74. The fourth-order valence-electron chi connectivity index (χ4n) is 1.94. The number of hydrogen-bond donors (Lipinski definition) is 1. The zero-order valence-electron chi connectivity index (χ0n) is 12.1. The maximum Gasteiger partial charge on any atom is 0.246 e. The molecule has 0 fully saturated rings. The standard InChI is InChI=1S/C13H19F2NO3S2/c1-4-9(8-20-3)16(2)21(18,19)12-6-5-11(14)10(7-17)13(12)15/h5-6,9,17H,4,7-8H2,1-3H3. The van der Waals surface area contributed by atoms with Gasteiger partial charge >= 0.3 is 0 Å². The first kappa shape index (κ1) is 18.3. The van der Waals surface area contributed by atoms with Gasteiger partial charge in [-0.05, 0) is 24.8 Å². The lowest BCUT2D eigenvalue weighted by Crippen LogP contribution is -2.38. The first-order valence-corrected chi connectivity index (χ1v) is 9.19. The fourth-order valence-corrected chi connectivity index (χ4v) is 4.40. The van der Waals surface area contributed by atoms with Crippen molar-refractivity contribution in [1.82, 2.24) is 4.31 Å². The Bertz CT molecular complexity index is 593. The summed E-state index contributed by atoms with van der Waals surface area (Å²) in [5.41, 5.74) is -0.637. The normalized spacial score (nSPS) is 13.7. The van der Waals surface area contributed by atoms with Crippen LogP contribution in [0.25, 0.3) is 0 Å². The molecule has 0 saturated heterocycles. The molecule has 1 rings (SSSR count). The van der Waals surface area contributed by atoms with Crippen LogP contribution in [-0.4, -0.2) is 42.9 Å². The molecule has 0 saturated carbocycles. The summed E-state index contributed by atoms with van der Waals surface area (Å²) in [6.07, 6.45) is 2.43. The predicted molar refractivity (Wildman–Crippen MR) is 79.7 cm³/mol. The second-order valence-electron chi connectivity index (χ2n) is 4.53. The number of nitrogens with zero attached hydrogens (tertiary/aromatic N) is 1. The predicted octanol–water partition coefficient (Wildman–Crippen LogP) is 2.22. The van der Waals surface area contributed by atoms with E-state index in [0.717, 1.165) is 16.4 Å². The highest BCUT2D eigenvalue weighted by Crippen LogP contribution is 2.25. The Morgan fingerprint density at radius 1 is 1.38 bits per heavy atom. The molecule has 4 nitrogen and oxygen atoms in total. The van der Waals surface area contributed by atoms with Gasteiger partial charge in [0.05, 0.1) is 12.2 Å². The van der Waals surface area contributed by atoms with E-state index in [0.29, 0.717) is 12.2 Å². The highest BCUT2D eigenvalue weighted by molar-refractivity contribution is 7.98. The van der Waals surface area contributed by atoms with E-state index in [1.807, 2.05) is 13.2 Å². The van der Waals surface area contributed by atoms with Gasteiger partial charge in [-0.3, -0.25) is 0 Å².